The van der Waals surface area contributed by atoms with Crippen LogP contribution in [0.25, 0.3) is 0 Å². The molecule has 0 aromatic heterocycles. The van der Waals surface area contributed by atoms with Gasteiger partial charge in [0.05, 0.1) is 18.0 Å². The van der Waals surface area contributed by atoms with E-state index in [-0.39, 0.29) is 41.5 Å². The molecule has 0 aromatic carbocycles. The van der Waals surface area contributed by atoms with Crippen LogP contribution in [0.5, 0.6) is 0 Å². The van der Waals surface area contributed by atoms with Crippen LogP contribution in [0.1, 0.15) is 27.2 Å². The second-order valence-corrected chi connectivity index (χ2v) is 13.8. The molecular weight excluding hydrogens is 460 g/mol. The van der Waals surface area contributed by atoms with Crippen LogP contribution in [0.2, 0.25) is 13.1 Å². The summed E-state index contributed by atoms with van der Waals surface area (Å²) < 4.78 is 11.3. The van der Waals surface area contributed by atoms with Crippen molar-refractivity contribution in [1.29, 1.82) is 0 Å². The van der Waals surface area contributed by atoms with E-state index in [0.717, 1.165) is 5.75 Å². The third-order valence-electron chi connectivity index (χ3n) is 6.69. The Balaban J connectivity index is 1.89. The van der Waals surface area contributed by atoms with Gasteiger partial charge < -0.3 is 19.2 Å². The first-order valence-electron chi connectivity index (χ1n) is 11.5. The minimum atomic E-state index is -1.27. The maximum atomic E-state index is 13.3. The number of carboxylic acids is 1. The van der Waals surface area contributed by atoms with Crippen LogP contribution in [0.3, 0.4) is 0 Å². The predicted molar refractivity (Wildman–Crippen MR) is 131 cm³/mol. The van der Waals surface area contributed by atoms with Gasteiger partial charge >= 0.3 is 12.1 Å². The molecule has 3 aliphatic heterocycles. The molecule has 8 nitrogen and oxygen atoms in total. The average Bonchev–Trinajstić information content (AvgIpc) is 3.09. The maximum absolute atomic E-state index is 13.3. The number of amides is 2. The van der Waals surface area contributed by atoms with Gasteiger partial charge in [-0.3, -0.25) is 9.69 Å². The molecule has 2 amide bonds. The first-order chi connectivity index (χ1) is 15.5. The number of carboxylic acid groups (broad SMARTS) is 1. The summed E-state index contributed by atoms with van der Waals surface area (Å²) in [6, 6.07) is -0.614. The molecule has 3 aliphatic rings. The molecule has 0 spiro atoms. The Morgan fingerprint density at radius 1 is 1.36 bits per heavy atom. The maximum Gasteiger partial charge on any atom is 0.410 e. The van der Waals surface area contributed by atoms with Gasteiger partial charge in [-0.15, -0.1) is 0 Å². The molecule has 33 heavy (non-hydrogen) atoms. The van der Waals surface area contributed by atoms with Crippen molar-refractivity contribution in [1.82, 2.24) is 9.80 Å². The Hall–Kier alpha value is -1.78. The minimum absolute atomic E-state index is 0.00932. The zero-order valence-corrected chi connectivity index (χ0v) is 22.2. The van der Waals surface area contributed by atoms with Crippen molar-refractivity contribution in [3.63, 3.8) is 0 Å². The van der Waals surface area contributed by atoms with E-state index in [1.165, 1.54) is 11.0 Å². The highest BCUT2D eigenvalue weighted by molar-refractivity contribution is 7.99. The highest BCUT2D eigenvalue weighted by Crippen LogP contribution is 2.51. The first-order valence-corrected chi connectivity index (χ1v) is 15.5. The van der Waals surface area contributed by atoms with Crippen molar-refractivity contribution in [2.45, 2.75) is 52.4 Å². The van der Waals surface area contributed by atoms with Gasteiger partial charge in [0, 0.05) is 24.7 Å². The first kappa shape index (κ1) is 25.8. The molecule has 0 aromatic rings. The summed E-state index contributed by atoms with van der Waals surface area (Å²) in [5.41, 5.74) is 0.531. The number of fused-ring (bicyclic) bond motifs is 1. The van der Waals surface area contributed by atoms with Gasteiger partial charge in [0.1, 0.15) is 12.3 Å². The fraction of sp³-hybridized carbons (Fsp3) is 0.696. The van der Waals surface area contributed by atoms with E-state index in [4.69, 9.17) is 9.16 Å². The summed E-state index contributed by atoms with van der Waals surface area (Å²) in [5, 5.41) is 10.1. The molecule has 184 valence electrons. The number of carbonyl (C=O) groups excluding carboxylic acids is 2. The van der Waals surface area contributed by atoms with Crippen molar-refractivity contribution in [2.24, 2.45) is 17.3 Å². The molecule has 2 saturated heterocycles. The lowest BCUT2D eigenvalue weighted by molar-refractivity contribution is -0.162. The van der Waals surface area contributed by atoms with E-state index in [0.29, 0.717) is 30.9 Å². The normalized spacial score (nSPS) is 26.2. The number of nitrogens with zero attached hydrogens (tertiary/aromatic N) is 2. The van der Waals surface area contributed by atoms with Crippen molar-refractivity contribution in [3.8, 4) is 0 Å². The van der Waals surface area contributed by atoms with Gasteiger partial charge in [-0.2, -0.15) is 11.8 Å². The molecule has 0 aliphatic carbocycles. The minimum Gasteiger partial charge on any atom is -0.477 e. The van der Waals surface area contributed by atoms with Crippen LogP contribution < -0.4 is 0 Å². The highest BCUT2D eigenvalue weighted by atomic mass is 32.2. The molecule has 3 heterocycles. The van der Waals surface area contributed by atoms with E-state index in [2.05, 4.69) is 40.4 Å². The molecular formula is C23H36N2O6SSi. The van der Waals surface area contributed by atoms with Gasteiger partial charge in [0.25, 0.3) is 0 Å². The topological polar surface area (TPSA) is 96.4 Å². The highest BCUT2D eigenvalue weighted by Gasteiger charge is 2.60. The Morgan fingerprint density at radius 3 is 2.64 bits per heavy atom. The standard InChI is InChI=1S/C23H36N2O6SSi/c1-7-9-30-22(29)24-8-10-32-13-17(24)14-11-16-18(20(26)25(16)19(14)21(27)28)15(23(2,3)4)12-31-33(5)6/h7,15-18,33H,1,8-13H2,2-6H3,(H,27,28)/t15-,16-,17?,18+/m1/s1. The SMILES string of the molecule is C=CCOC(=O)N1CCSCC1C1=C(C(=O)O)N2C(=O)[C@@H]([C@@H](CO[SiH](C)C)C(C)(C)C)[C@H]2C1. The number of β-lactam (4-membered cyclic amide) rings is 1. The Labute approximate surface area is 202 Å². The number of hydrogen-bond acceptors (Lipinski definition) is 6. The summed E-state index contributed by atoms with van der Waals surface area (Å²) in [7, 11) is -1.27. The number of thioether (sulfide) groups is 1. The largest absolute Gasteiger partial charge is 0.477 e. The van der Waals surface area contributed by atoms with E-state index < -0.39 is 27.1 Å². The van der Waals surface area contributed by atoms with Gasteiger partial charge in [-0.1, -0.05) is 33.4 Å². The van der Waals surface area contributed by atoms with Crippen molar-refractivity contribution in [2.75, 3.05) is 31.3 Å². The zero-order valence-electron chi connectivity index (χ0n) is 20.2. The molecule has 10 heteroatoms. The third-order valence-corrected chi connectivity index (χ3v) is 8.57. The second kappa shape index (κ2) is 10.2. The zero-order chi connectivity index (χ0) is 24.5. The fourth-order valence-electron chi connectivity index (χ4n) is 5.03. The smallest absolute Gasteiger partial charge is 0.410 e. The Kier molecular flexibility index (Phi) is 8.01. The van der Waals surface area contributed by atoms with E-state index in [1.807, 2.05) is 0 Å². The van der Waals surface area contributed by atoms with Crippen LogP contribution in [0.15, 0.2) is 23.9 Å². The van der Waals surface area contributed by atoms with Gasteiger partial charge in [-0.25, -0.2) is 9.59 Å². The van der Waals surface area contributed by atoms with Crippen LogP contribution >= 0.6 is 11.8 Å². The number of rotatable bonds is 8. The van der Waals surface area contributed by atoms with E-state index >= 15 is 0 Å². The lowest BCUT2D eigenvalue weighted by Gasteiger charge is -2.50. The van der Waals surface area contributed by atoms with Crippen molar-refractivity contribution >= 4 is 38.8 Å². The number of ether oxygens (including phenoxy) is 1. The molecule has 4 atom stereocenters. The average molecular weight is 497 g/mol. The Morgan fingerprint density at radius 2 is 2.06 bits per heavy atom. The molecule has 1 N–H and O–H groups in total. The van der Waals surface area contributed by atoms with Crippen LogP contribution in [-0.2, 0) is 18.8 Å². The summed E-state index contributed by atoms with van der Waals surface area (Å²) >= 11 is 1.68. The van der Waals surface area contributed by atoms with Gasteiger partial charge in [-0.05, 0) is 36.4 Å². The molecule has 1 unspecified atom stereocenters. The predicted octanol–water partition coefficient (Wildman–Crippen LogP) is 2.96. The second-order valence-electron chi connectivity index (χ2n) is 10.2. The quantitative estimate of drug-likeness (QED) is 0.313. The van der Waals surface area contributed by atoms with E-state index in [9.17, 15) is 19.5 Å². The third kappa shape index (κ3) is 5.17. The monoisotopic (exact) mass is 496 g/mol. The Bertz CT molecular complexity index is 839. The summed E-state index contributed by atoms with van der Waals surface area (Å²) in [4.78, 5) is 41.4. The number of hydrogen-bond donors (Lipinski definition) is 1. The molecule has 0 bridgehead atoms. The van der Waals surface area contributed by atoms with Crippen molar-refractivity contribution < 1.29 is 28.7 Å². The molecule has 0 saturated carbocycles. The number of carbonyl (C=O) groups is 3. The van der Waals surface area contributed by atoms with E-state index in [1.54, 1.807) is 16.7 Å². The molecule has 0 radical (unpaired) electrons. The lowest BCUT2D eigenvalue weighted by atomic mass is 9.66. The van der Waals surface area contributed by atoms with Gasteiger partial charge in [0.15, 0.2) is 9.04 Å². The van der Waals surface area contributed by atoms with Gasteiger partial charge in [0.2, 0.25) is 5.91 Å². The summed E-state index contributed by atoms with van der Waals surface area (Å²) in [6.45, 7) is 15.2. The van der Waals surface area contributed by atoms with Crippen LogP contribution in [0.4, 0.5) is 4.79 Å². The number of aliphatic carboxylic acids is 1. The molecule has 2 fully saturated rings. The summed E-state index contributed by atoms with van der Waals surface area (Å²) in [6.07, 6.45) is 1.49. The van der Waals surface area contributed by atoms with Crippen molar-refractivity contribution in [3.05, 3.63) is 23.9 Å². The van der Waals surface area contributed by atoms with Crippen LogP contribution in [-0.4, -0.2) is 85.3 Å². The summed E-state index contributed by atoms with van der Waals surface area (Å²) in [5.74, 6) is -0.225. The van der Waals surface area contributed by atoms with Crippen LogP contribution in [0, 0.1) is 17.3 Å². The lowest BCUT2D eigenvalue weighted by Crippen LogP contribution is -2.63. The molecule has 3 rings (SSSR count). The fourth-order valence-corrected chi connectivity index (χ4v) is 6.71.